The van der Waals surface area contributed by atoms with Gasteiger partial charge in [0.2, 0.25) is 0 Å². The summed E-state index contributed by atoms with van der Waals surface area (Å²) in [5.41, 5.74) is 5.46. The van der Waals surface area contributed by atoms with Crippen LogP contribution >= 0.6 is 0 Å². The molecule has 3 heteroatoms. The summed E-state index contributed by atoms with van der Waals surface area (Å²) in [4.78, 5) is 11.5. The van der Waals surface area contributed by atoms with E-state index in [-0.39, 0.29) is 18.0 Å². The fraction of sp³-hybridized carbons (Fsp3) is 0.900. The van der Waals surface area contributed by atoms with Crippen molar-refractivity contribution in [1.29, 1.82) is 0 Å². The van der Waals surface area contributed by atoms with Gasteiger partial charge in [-0.15, -0.1) is 0 Å². The first-order valence-corrected chi connectivity index (χ1v) is 5.16. The number of hydrogen-bond donors (Lipinski definition) is 1. The number of carbonyl (C=O) groups is 1. The fourth-order valence-electron chi connectivity index (χ4n) is 1.63. The zero-order valence-corrected chi connectivity index (χ0v) is 8.29. The van der Waals surface area contributed by atoms with Crippen LogP contribution in [0.4, 0.5) is 0 Å². The van der Waals surface area contributed by atoms with Crippen molar-refractivity contribution < 1.29 is 9.53 Å². The van der Waals surface area contributed by atoms with Gasteiger partial charge in [0.1, 0.15) is 6.10 Å². The molecule has 0 radical (unpaired) electrons. The largest absolute Gasteiger partial charge is 0.366 e. The molecule has 2 N–H and O–H groups in total. The number of carbonyl (C=O) groups excluding carboxylic acids is 1. The van der Waals surface area contributed by atoms with Gasteiger partial charge >= 0.3 is 0 Å². The van der Waals surface area contributed by atoms with Crippen LogP contribution in [0, 0.1) is 0 Å². The lowest BCUT2D eigenvalue weighted by Gasteiger charge is -2.10. The first kappa shape index (κ1) is 10.7. The summed E-state index contributed by atoms with van der Waals surface area (Å²) in [7, 11) is 0. The maximum absolute atomic E-state index is 11.5. The third-order valence-corrected chi connectivity index (χ3v) is 2.51. The average Bonchev–Trinajstić information content (AvgIpc) is 2.62. The van der Waals surface area contributed by atoms with Crippen LogP contribution in [0.1, 0.15) is 39.0 Å². The Bertz CT molecular complexity index is 170. The highest BCUT2D eigenvalue weighted by atomic mass is 16.5. The van der Waals surface area contributed by atoms with E-state index < -0.39 is 0 Å². The number of rotatable bonds is 5. The SMILES string of the molecule is CCCCC(=O)C1CCC(CN)O1. The molecule has 0 saturated carbocycles. The molecule has 2 atom stereocenters. The summed E-state index contributed by atoms with van der Waals surface area (Å²) in [6, 6.07) is 0. The van der Waals surface area contributed by atoms with E-state index in [1.807, 2.05) is 0 Å². The summed E-state index contributed by atoms with van der Waals surface area (Å²) in [6.45, 7) is 2.63. The van der Waals surface area contributed by atoms with Crippen LogP contribution in [0.15, 0.2) is 0 Å². The van der Waals surface area contributed by atoms with Crippen LogP contribution < -0.4 is 5.73 Å². The number of nitrogens with two attached hydrogens (primary N) is 1. The molecule has 1 heterocycles. The molecule has 0 aliphatic carbocycles. The molecule has 0 spiro atoms. The Hall–Kier alpha value is -0.410. The van der Waals surface area contributed by atoms with E-state index in [4.69, 9.17) is 10.5 Å². The molecule has 1 rings (SSSR count). The van der Waals surface area contributed by atoms with E-state index >= 15 is 0 Å². The van der Waals surface area contributed by atoms with E-state index in [9.17, 15) is 4.79 Å². The second-order valence-corrected chi connectivity index (χ2v) is 3.63. The zero-order chi connectivity index (χ0) is 9.68. The summed E-state index contributed by atoms with van der Waals surface area (Å²) in [5, 5.41) is 0. The molecule has 2 unspecified atom stereocenters. The quantitative estimate of drug-likeness (QED) is 0.701. The van der Waals surface area contributed by atoms with E-state index in [1.54, 1.807) is 0 Å². The highest BCUT2D eigenvalue weighted by molar-refractivity contribution is 5.83. The Morgan fingerprint density at radius 3 is 2.85 bits per heavy atom. The second-order valence-electron chi connectivity index (χ2n) is 3.63. The standard InChI is InChI=1S/C10H19NO2/c1-2-3-4-9(12)10-6-5-8(7-11)13-10/h8,10H,2-7,11H2,1H3. The van der Waals surface area contributed by atoms with E-state index in [2.05, 4.69) is 6.92 Å². The molecule has 13 heavy (non-hydrogen) atoms. The van der Waals surface area contributed by atoms with Crippen molar-refractivity contribution in [2.24, 2.45) is 5.73 Å². The maximum Gasteiger partial charge on any atom is 0.161 e. The topological polar surface area (TPSA) is 52.3 Å². The van der Waals surface area contributed by atoms with Gasteiger partial charge in [-0.1, -0.05) is 13.3 Å². The Morgan fingerprint density at radius 2 is 2.31 bits per heavy atom. The van der Waals surface area contributed by atoms with Crippen molar-refractivity contribution in [3.05, 3.63) is 0 Å². The zero-order valence-electron chi connectivity index (χ0n) is 8.29. The minimum absolute atomic E-state index is 0.121. The number of ether oxygens (including phenoxy) is 1. The molecule has 0 aromatic heterocycles. The minimum Gasteiger partial charge on any atom is -0.366 e. The van der Waals surface area contributed by atoms with Crippen molar-refractivity contribution in [3.63, 3.8) is 0 Å². The number of ketones is 1. The lowest BCUT2D eigenvalue weighted by molar-refractivity contribution is -0.129. The predicted molar refractivity (Wildman–Crippen MR) is 51.5 cm³/mol. The number of unbranched alkanes of at least 4 members (excludes halogenated alkanes) is 1. The summed E-state index contributed by atoms with van der Waals surface area (Å²) >= 11 is 0. The molecule has 1 fully saturated rings. The number of Topliss-reactive ketones (excluding diaryl/α,β-unsaturated/α-hetero) is 1. The molecule has 0 aromatic rings. The summed E-state index contributed by atoms with van der Waals surface area (Å²) in [6.07, 6.45) is 4.49. The van der Waals surface area contributed by atoms with E-state index in [1.165, 1.54) is 0 Å². The Balaban J connectivity index is 2.25. The van der Waals surface area contributed by atoms with Crippen LogP contribution in [-0.4, -0.2) is 24.5 Å². The highest BCUT2D eigenvalue weighted by Gasteiger charge is 2.28. The smallest absolute Gasteiger partial charge is 0.161 e. The average molecular weight is 185 g/mol. The second kappa shape index (κ2) is 5.35. The molecule has 1 aliphatic rings. The lowest BCUT2D eigenvalue weighted by Crippen LogP contribution is -2.24. The van der Waals surface area contributed by atoms with Gasteiger partial charge in [-0.3, -0.25) is 4.79 Å². The molecule has 3 nitrogen and oxygen atoms in total. The Morgan fingerprint density at radius 1 is 1.54 bits per heavy atom. The van der Waals surface area contributed by atoms with Crippen molar-refractivity contribution in [3.8, 4) is 0 Å². The van der Waals surface area contributed by atoms with Crippen LogP contribution in [0.2, 0.25) is 0 Å². The van der Waals surface area contributed by atoms with E-state index in [0.29, 0.717) is 13.0 Å². The molecule has 1 saturated heterocycles. The minimum atomic E-state index is -0.153. The third-order valence-electron chi connectivity index (χ3n) is 2.51. The third kappa shape index (κ3) is 3.08. The van der Waals surface area contributed by atoms with Gasteiger partial charge in [0, 0.05) is 13.0 Å². The molecule has 0 amide bonds. The molecule has 0 bridgehead atoms. The van der Waals surface area contributed by atoms with Gasteiger partial charge in [-0.2, -0.15) is 0 Å². The van der Waals surface area contributed by atoms with Crippen LogP contribution in [0.5, 0.6) is 0 Å². The van der Waals surface area contributed by atoms with Crippen LogP contribution in [0.25, 0.3) is 0 Å². The highest BCUT2D eigenvalue weighted by Crippen LogP contribution is 2.20. The van der Waals surface area contributed by atoms with Gasteiger partial charge in [-0.05, 0) is 19.3 Å². The van der Waals surface area contributed by atoms with E-state index in [0.717, 1.165) is 25.7 Å². The van der Waals surface area contributed by atoms with Crippen molar-refractivity contribution in [2.45, 2.75) is 51.2 Å². The first-order chi connectivity index (χ1) is 6.27. The van der Waals surface area contributed by atoms with Gasteiger partial charge < -0.3 is 10.5 Å². The number of hydrogen-bond acceptors (Lipinski definition) is 3. The van der Waals surface area contributed by atoms with Crippen LogP contribution in [0.3, 0.4) is 0 Å². The van der Waals surface area contributed by atoms with Crippen LogP contribution in [-0.2, 0) is 9.53 Å². The fourth-order valence-corrected chi connectivity index (χ4v) is 1.63. The van der Waals surface area contributed by atoms with Gasteiger partial charge in [0.15, 0.2) is 5.78 Å². The predicted octanol–water partition coefficient (Wildman–Crippen LogP) is 1.25. The first-order valence-electron chi connectivity index (χ1n) is 5.16. The maximum atomic E-state index is 11.5. The van der Waals surface area contributed by atoms with Crippen molar-refractivity contribution >= 4 is 5.78 Å². The molecular formula is C10H19NO2. The normalized spacial score (nSPS) is 27.8. The van der Waals surface area contributed by atoms with Gasteiger partial charge in [0.25, 0.3) is 0 Å². The molecular weight excluding hydrogens is 166 g/mol. The summed E-state index contributed by atoms with van der Waals surface area (Å²) < 4.78 is 5.49. The Labute approximate surface area is 79.6 Å². The molecule has 76 valence electrons. The summed E-state index contributed by atoms with van der Waals surface area (Å²) in [5.74, 6) is 0.262. The van der Waals surface area contributed by atoms with Crippen molar-refractivity contribution in [1.82, 2.24) is 0 Å². The Kier molecular flexibility index (Phi) is 4.39. The van der Waals surface area contributed by atoms with Gasteiger partial charge in [-0.25, -0.2) is 0 Å². The molecule has 1 aliphatic heterocycles. The van der Waals surface area contributed by atoms with Gasteiger partial charge in [0.05, 0.1) is 6.10 Å². The molecule has 0 aromatic carbocycles. The monoisotopic (exact) mass is 185 g/mol. The van der Waals surface area contributed by atoms with Crippen molar-refractivity contribution in [2.75, 3.05) is 6.54 Å². The lowest BCUT2D eigenvalue weighted by atomic mass is 10.1.